The lowest BCUT2D eigenvalue weighted by Crippen LogP contribution is -2.45. The molecule has 0 radical (unpaired) electrons. The second kappa shape index (κ2) is 6.50. The van der Waals surface area contributed by atoms with Gasteiger partial charge in [0.2, 0.25) is 0 Å². The highest BCUT2D eigenvalue weighted by Gasteiger charge is 2.33. The van der Waals surface area contributed by atoms with Gasteiger partial charge in [-0.3, -0.25) is 9.48 Å². The van der Waals surface area contributed by atoms with Gasteiger partial charge in [-0.2, -0.15) is 5.10 Å². The Labute approximate surface area is 146 Å². The summed E-state index contributed by atoms with van der Waals surface area (Å²) in [6.07, 6.45) is 2.49. The molecule has 0 bridgehead atoms. The van der Waals surface area contributed by atoms with Gasteiger partial charge in [0.15, 0.2) is 0 Å². The maximum absolute atomic E-state index is 13.2. The molecule has 1 aliphatic carbocycles. The van der Waals surface area contributed by atoms with Gasteiger partial charge in [-0.25, -0.2) is 4.39 Å². The minimum Gasteiger partial charge on any atom is -0.487 e. The van der Waals surface area contributed by atoms with Gasteiger partial charge in [0, 0.05) is 19.2 Å². The van der Waals surface area contributed by atoms with Crippen molar-refractivity contribution in [2.24, 2.45) is 11.8 Å². The molecule has 0 saturated heterocycles. The van der Waals surface area contributed by atoms with Crippen molar-refractivity contribution in [3.05, 3.63) is 47.5 Å². The third-order valence-electron chi connectivity index (χ3n) is 5.35. The van der Waals surface area contributed by atoms with E-state index in [2.05, 4.69) is 12.0 Å². The van der Waals surface area contributed by atoms with E-state index in [4.69, 9.17) is 4.74 Å². The van der Waals surface area contributed by atoms with Gasteiger partial charge < -0.3 is 9.64 Å². The first kappa shape index (κ1) is 16.1. The summed E-state index contributed by atoms with van der Waals surface area (Å²) in [4.78, 5) is 14.7. The number of nitrogens with zero attached hydrogens (tertiary/aromatic N) is 3. The summed E-state index contributed by atoms with van der Waals surface area (Å²) in [5.74, 6) is 1.52. The summed E-state index contributed by atoms with van der Waals surface area (Å²) in [7, 11) is 0. The number of hydrogen-bond donors (Lipinski definition) is 0. The van der Waals surface area contributed by atoms with Crippen molar-refractivity contribution >= 4 is 5.91 Å². The predicted octanol–water partition coefficient (Wildman–Crippen LogP) is 3.10. The first-order valence-electron chi connectivity index (χ1n) is 8.84. The van der Waals surface area contributed by atoms with E-state index in [9.17, 15) is 9.18 Å². The van der Waals surface area contributed by atoms with Crippen LogP contribution in [0.2, 0.25) is 0 Å². The van der Waals surface area contributed by atoms with E-state index in [0.29, 0.717) is 36.1 Å². The highest BCUT2D eigenvalue weighted by Crippen LogP contribution is 2.34. The van der Waals surface area contributed by atoms with Crippen LogP contribution in [0, 0.1) is 17.7 Å². The van der Waals surface area contributed by atoms with Crippen LogP contribution >= 0.6 is 0 Å². The zero-order chi connectivity index (χ0) is 17.4. The number of fused-ring (bicyclic) bond motifs is 1. The average Bonchev–Trinajstić information content (AvgIpc) is 3.02. The normalized spacial score (nSPS) is 22.5. The Morgan fingerprint density at radius 1 is 1.28 bits per heavy atom. The SMILES string of the molecule is CC1CC[C@@H]1CN1CCn2nc(COc3cccc(F)c3)cc2C1=O. The Bertz CT molecular complexity index is 789. The molecule has 6 heteroatoms. The smallest absolute Gasteiger partial charge is 0.272 e. The lowest BCUT2D eigenvalue weighted by Gasteiger charge is -2.39. The molecule has 2 atom stereocenters. The molecule has 1 fully saturated rings. The van der Waals surface area contributed by atoms with Crippen molar-refractivity contribution in [1.82, 2.24) is 14.7 Å². The van der Waals surface area contributed by atoms with Crippen LogP contribution in [-0.2, 0) is 13.2 Å². The molecule has 1 aliphatic heterocycles. The largest absolute Gasteiger partial charge is 0.487 e. The summed E-state index contributed by atoms with van der Waals surface area (Å²) in [6.45, 7) is 4.74. The molecule has 4 rings (SSSR count). The lowest BCUT2D eigenvalue weighted by molar-refractivity contribution is 0.0568. The van der Waals surface area contributed by atoms with Crippen molar-refractivity contribution in [3.8, 4) is 5.75 Å². The van der Waals surface area contributed by atoms with E-state index in [-0.39, 0.29) is 18.3 Å². The quantitative estimate of drug-likeness (QED) is 0.838. The lowest BCUT2D eigenvalue weighted by atomic mass is 9.74. The van der Waals surface area contributed by atoms with Crippen LogP contribution in [0.15, 0.2) is 30.3 Å². The highest BCUT2D eigenvalue weighted by molar-refractivity contribution is 5.93. The molecule has 1 unspecified atom stereocenters. The van der Waals surface area contributed by atoms with Crippen molar-refractivity contribution < 1.29 is 13.9 Å². The highest BCUT2D eigenvalue weighted by atomic mass is 19.1. The van der Waals surface area contributed by atoms with Crippen LogP contribution < -0.4 is 4.74 Å². The third-order valence-corrected chi connectivity index (χ3v) is 5.35. The Kier molecular flexibility index (Phi) is 4.19. The fraction of sp³-hybridized carbons (Fsp3) is 0.474. The molecule has 2 aliphatic rings. The second-order valence-electron chi connectivity index (χ2n) is 7.06. The summed E-state index contributed by atoms with van der Waals surface area (Å²) in [5.41, 5.74) is 1.31. The van der Waals surface area contributed by atoms with Gasteiger partial charge >= 0.3 is 0 Å². The molecule has 25 heavy (non-hydrogen) atoms. The predicted molar refractivity (Wildman–Crippen MR) is 90.8 cm³/mol. The molecule has 1 aromatic heterocycles. The summed E-state index contributed by atoms with van der Waals surface area (Å²) in [6, 6.07) is 7.80. The number of rotatable bonds is 5. The average molecular weight is 343 g/mol. The van der Waals surface area contributed by atoms with Crippen LogP contribution in [0.5, 0.6) is 5.75 Å². The number of amides is 1. The van der Waals surface area contributed by atoms with Crippen LogP contribution in [-0.4, -0.2) is 33.7 Å². The van der Waals surface area contributed by atoms with Crippen molar-refractivity contribution in [1.29, 1.82) is 0 Å². The van der Waals surface area contributed by atoms with Crippen LogP contribution in [0.25, 0.3) is 0 Å². The maximum Gasteiger partial charge on any atom is 0.272 e. The Morgan fingerprint density at radius 3 is 2.88 bits per heavy atom. The van der Waals surface area contributed by atoms with Crippen molar-refractivity contribution in [3.63, 3.8) is 0 Å². The number of carbonyl (C=O) groups excluding carboxylic acids is 1. The van der Waals surface area contributed by atoms with Gasteiger partial charge in [-0.15, -0.1) is 0 Å². The Hall–Kier alpha value is -2.37. The molecule has 5 nitrogen and oxygen atoms in total. The zero-order valence-corrected chi connectivity index (χ0v) is 14.3. The molecule has 2 heterocycles. The van der Waals surface area contributed by atoms with Gasteiger partial charge in [0.25, 0.3) is 5.91 Å². The van der Waals surface area contributed by atoms with Gasteiger partial charge in [-0.05, 0) is 36.5 Å². The molecule has 0 spiro atoms. The molecule has 2 aromatic rings. The number of aromatic nitrogens is 2. The number of halogens is 1. The van der Waals surface area contributed by atoms with Crippen LogP contribution in [0.1, 0.15) is 35.9 Å². The zero-order valence-electron chi connectivity index (χ0n) is 14.3. The molecule has 1 aromatic carbocycles. The Balaban J connectivity index is 1.42. The number of hydrogen-bond acceptors (Lipinski definition) is 3. The summed E-state index contributed by atoms with van der Waals surface area (Å²) < 4.78 is 20.5. The monoisotopic (exact) mass is 343 g/mol. The molecular formula is C19H22FN3O2. The number of benzene rings is 1. The van der Waals surface area contributed by atoms with E-state index in [1.807, 2.05) is 4.90 Å². The first-order chi connectivity index (χ1) is 12.1. The van der Waals surface area contributed by atoms with Crippen LogP contribution in [0.3, 0.4) is 0 Å². The van der Waals surface area contributed by atoms with E-state index in [1.165, 1.54) is 25.0 Å². The summed E-state index contributed by atoms with van der Waals surface area (Å²) in [5, 5.41) is 4.45. The molecule has 1 saturated carbocycles. The fourth-order valence-corrected chi connectivity index (χ4v) is 3.54. The Morgan fingerprint density at radius 2 is 2.16 bits per heavy atom. The van der Waals surface area contributed by atoms with E-state index in [0.717, 1.165) is 12.5 Å². The van der Waals surface area contributed by atoms with Gasteiger partial charge in [-0.1, -0.05) is 19.4 Å². The van der Waals surface area contributed by atoms with E-state index < -0.39 is 0 Å². The topological polar surface area (TPSA) is 47.4 Å². The fourth-order valence-electron chi connectivity index (χ4n) is 3.54. The minimum atomic E-state index is -0.335. The third kappa shape index (κ3) is 3.25. The minimum absolute atomic E-state index is 0.0508. The molecule has 1 amide bonds. The van der Waals surface area contributed by atoms with E-state index in [1.54, 1.807) is 22.9 Å². The van der Waals surface area contributed by atoms with Crippen molar-refractivity contribution in [2.45, 2.75) is 32.9 Å². The molecule has 132 valence electrons. The molecule has 0 N–H and O–H groups in total. The standard InChI is InChI=1S/C19H22FN3O2/c1-13-5-6-14(13)11-22-7-8-23-18(19(22)24)10-16(21-23)12-25-17-4-2-3-15(20)9-17/h2-4,9-10,13-14H,5-8,11-12H2,1H3/t13?,14-/m1/s1. The maximum atomic E-state index is 13.2. The summed E-state index contributed by atoms with van der Waals surface area (Å²) >= 11 is 0. The second-order valence-corrected chi connectivity index (χ2v) is 7.06. The van der Waals surface area contributed by atoms with Gasteiger partial charge in [0.1, 0.15) is 29.6 Å². The van der Waals surface area contributed by atoms with Crippen LogP contribution in [0.4, 0.5) is 4.39 Å². The van der Waals surface area contributed by atoms with Gasteiger partial charge in [0.05, 0.1) is 6.54 Å². The first-order valence-corrected chi connectivity index (χ1v) is 8.84. The van der Waals surface area contributed by atoms with Crippen molar-refractivity contribution in [2.75, 3.05) is 13.1 Å². The number of carbonyl (C=O) groups is 1. The molecular weight excluding hydrogens is 321 g/mol. The number of ether oxygens (including phenoxy) is 1. The van der Waals surface area contributed by atoms with E-state index >= 15 is 0 Å².